The van der Waals surface area contributed by atoms with Gasteiger partial charge in [0.2, 0.25) is 0 Å². The molecule has 15 heavy (non-hydrogen) atoms. The molecule has 0 radical (unpaired) electrons. The van der Waals surface area contributed by atoms with Crippen LogP contribution in [-0.4, -0.2) is 23.8 Å². The second-order valence-corrected chi connectivity index (χ2v) is 6.56. The van der Waals surface area contributed by atoms with Crippen molar-refractivity contribution in [2.45, 2.75) is 37.8 Å². The van der Waals surface area contributed by atoms with Crippen LogP contribution < -0.4 is 5.32 Å². The van der Waals surface area contributed by atoms with E-state index < -0.39 is 0 Å². The first kappa shape index (κ1) is 11.6. The van der Waals surface area contributed by atoms with Crippen molar-refractivity contribution >= 4 is 27.3 Å². The van der Waals surface area contributed by atoms with Crippen molar-refractivity contribution in [3.63, 3.8) is 0 Å². The van der Waals surface area contributed by atoms with Gasteiger partial charge in [-0.25, -0.2) is 0 Å². The standard InChI is InChI=1S/C11H16BrNOS/c12-11-5-4-8(15-11)6-7-13-9-2-1-3-10(9)14/h4-5,9-10,13-14H,1-3,6-7H2. The lowest BCUT2D eigenvalue weighted by Gasteiger charge is -2.15. The van der Waals surface area contributed by atoms with E-state index in [4.69, 9.17) is 0 Å². The molecule has 2 atom stereocenters. The van der Waals surface area contributed by atoms with E-state index >= 15 is 0 Å². The second-order valence-electron chi connectivity index (χ2n) is 4.01. The minimum atomic E-state index is -0.125. The van der Waals surface area contributed by atoms with Crippen LogP contribution in [0.3, 0.4) is 0 Å². The molecule has 1 aromatic heterocycles. The summed E-state index contributed by atoms with van der Waals surface area (Å²) in [6.45, 7) is 0.967. The quantitative estimate of drug-likeness (QED) is 0.893. The van der Waals surface area contributed by atoms with Crippen LogP contribution in [0.1, 0.15) is 24.1 Å². The van der Waals surface area contributed by atoms with E-state index in [2.05, 4.69) is 33.4 Å². The van der Waals surface area contributed by atoms with E-state index in [1.807, 2.05) is 0 Å². The maximum Gasteiger partial charge on any atom is 0.0701 e. The zero-order valence-electron chi connectivity index (χ0n) is 8.58. The van der Waals surface area contributed by atoms with Crippen LogP contribution in [0.2, 0.25) is 0 Å². The Morgan fingerprint density at radius 2 is 2.33 bits per heavy atom. The number of aliphatic hydroxyl groups is 1. The van der Waals surface area contributed by atoms with Crippen molar-refractivity contribution < 1.29 is 5.11 Å². The van der Waals surface area contributed by atoms with Gasteiger partial charge < -0.3 is 10.4 Å². The van der Waals surface area contributed by atoms with Crippen molar-refractivity contribution in [1.29, 1.82) is 0 Å². The van der Waals surface area contributed by atoms with E-state index in [1.165, 1.54) is 8.66 Å². The highest BCUT2D eigenvalue weighted by Gasteiger charge is 2.23. The third-order valence-corrected chi connectivity index (χ3v) is 4.57. The maximum absolute atomic E-state index is 9.62. The fourth-order valence-corrected chi connectivity index (χ4v) is 3.53. The fourth-order valence-electron chi connectivity index (χ4n) is 2.05. The van der Waals surface area contributed by atoms with Crippen LogP contribution in [0.4, 0.5) is 0 Å². The molecule has 1 heterocycles. The lowest BCUT2D eigenvalue weighted by molar-refractivity contribution is 0.149. The lowest BCUT2D eigenvalue weighted by Crippen LogP contribution is -2.36. The van der Waals surface area contributed by atoms with Gasteiger partial charge in [-0.3, -0.25) is 0 Å². The molecule has 0 amide bonds. The summed E-state index contributed by atoms with van der Waals surface area (Å²) in [5, 5.41) is 13.1. The number of hydrogen-bond donors (Lipinski definition) is 2. The monoisotopic (exact) mass is 289 g/mol. The van der Waals surface area contributed by atoms with Gasteiger partial charge in [0.05, 0.1) is 9.89 Å². The molecule has 1 aliphatic carbocycles. The molecule has 0 aliphatic heterocycles. The molecule has 1 fully saturated rings. The Kier molecular flexibility index (Phi) is 4.20. The first-order valence-electron chi connectivity index (χ1n) is 5.41. The molecule has 4 heteroatoms. The summed E-state index contributed by atoms with van der Waals surface area (Å²) < 4.78 is 1.19. The molecule has 1 aromatic rings. The topological polar surface area (TPSA) is 32.3 Å². The van der Waals surface area contributed by atoms with Crippen molar-refractivity contribution in [3.8, 4) is 0 Å². The van der Waals surface area contributed by atoms with Gasteiger partial charge in [-0.05, 0) is 53.7 Å². The van der Waals surface area contributed by atoms with Crippen molar-refractivity contribution in [3.05, 3.63) is 20.8 Å². The molecule has 1 saturated carbocycles. The maximum atomic E-state index is 9.62. The summed E-state index contributed by atoms with van der Waals surface area (Å²) in [5.41, 5.74) is 0. The predicted octanol–water partition coefficient (Wildman–Crippen LogP) is 2.56. The van der Waals surface area contributed by atoms with Gasteiger partial charge in [0.1, 0.15) is 0 Å². The van der Waals surface area contributed by atoms with Crippen LogP contribution >= 0.6 is 27.3 Å². The largest absolute Gasteiger partial charge is 0.392 e. The zero-order chi connectivity index (χ0) is 10.7. The first-order chi connectivity index (χ1) is 7.25. The molecular weight excluding hydrogens is 274 g/mol. The SMILES string of the molecule is OC1CCCC1NCCc1ccc(Br)s1. The molecule has 0 bridgehead atoms. The highest BCUT2D eigenvalue weighted by atomic mass is 79.9. The van der Waals surface area contributed by atoms with Crippen LogP contribution in [0.5, 0.6) is 0 Å². The van der Waals surface area contributed by atoms with Crippen molar-refractivity contribution in [2.75, 3.05) is 6.54 Å². The van der Waals surface area contributed by atoms with Gasteiger partial charge in [0.25, 0.3) is 0 Å². The summed E-state index contributed by atoms with van der Waals surface area (Å²) >= 11 is 5.24. The Balaban J connectivity index is 1.70. The molecule has 0 spiro atoms. The smallest absolute Gasteiger partial charge is 0.0701 e. The average molecular weight is 290 g/mol. The number of hydrogen-bond acceptors (Lipinski definition) is 3. The third-order valence-electron chi connectivity index (χ3n) is 2.89. The van der Waals surface area contributed by atoms with Gasteiger partial charge in [-0.15, -0.1) is 11.3 Å². The molecular formula is C11H16BrNOS. The Hall–Kier alpha value is 0.1000. The molecule has 2 nitrogen and oxygen atoms in total. The second kappa shape index (κ2) is 5.43. The summed E-state index contributed by atoms with van der Waals surface area (Å²) in [6, 6.07) is 4.57. The summed E-state index contributed by atoms with van der Waals surface area (Å²) in [5.74, 6) is 0. The van der Waals surface area contributed by atoms with Crippen molar-refractivity contribution in [1.82, 2.24) is 5.32 Å². The third kappa shape index (κ3) is 3.28. The number of thiophene rings is 1. The number of nitrogens with one attached hydrogen (secondary N) is 1. The first-order valence-corrected chi connectivity index (χ1v) is 7.02. The van der Waals surface area contributed by atoms with E-state index in [9.17, 15) is 5.11 Å². The minimum Gasteiger partial charge on any atom is -0.392 e. The Labute approximate surface area is 103 Å². The summed E-state index contributed by atoms with van der Waals surface area (Å²) in [7, 11) is 0. The minimum absolute atomic E-state index is 0.125. The van der Waals surface area contributed by atoms with Crippen LogP contribution in [0, 0.1) is 0 Å². The van der Waals surface area contributed by atoms with Gasteiger partial charge in [0, 0.05) is 17.5 Å². The Morgan fingerprint density at radius 1 is 1.47 bits per heavy atom. The lowest BCUT2D eigenvalue weighted by atomic mass is 10.2. The van der Waals surface area contributed by atoms with Gasteiger partial charge >= 0.3 is 0 Å². The molecule has 0 aromatic carbocycles. The molecule has 2 rings (SSSR count). The summed E-state index contributed by atoms with van der Waals surface area (Å²) in [6.07, 6.45) is 4.17. The zero-order valence-corrected chi connectivity index (χ0v) is 11.0. The molecule has 84 valence electrons. The Morgan fingerprint density at radius 3 is 2.93 bits per heavy atom. The van der Waals surface area contributed by atoms with Crippen LogP contribution in [0.25, 0.3) is 0 Å². The predicted molar refractivity (Wildman–Crippen MR) is 67.4 cm³/mol. The fraction of sp³-hybridized carbons (Fsp3) is 0.636. The average Bonchev–Trinajstić information content (AvgIpc) is 2.77. The Bertz CT molecular complexity index is 315. The van der Waals surface area contributed by atoms with Crippen LogP contribution in [-0.2, 0) is 6.42 Å². The molecule has 1 aliphatic rings. The van der Waals surface area contributed by atoms with Gasteiger partial charge in [0.15, 0.2) is 0 Å². The van der Waals surface area contributed by atoms with Crippen molar-refractivity contribution in [2.24, 2.45) is 0 Å². The van der Waals surface area contributed by atoms with E-state index in [-0.39, 0.29) is 6.10 Å². The van der Waals surface area contributed by atoms with E-state index in [1.54, 1.807) is 11.3 Å². The van der Waals surface area contributed by atoms with Gasteiger partial charge in [-0.1, -0.05) is 0 Å². The van der Waals surface area contributed by atoms with Crippen LogP contribution in [0.15, 0.2) is 15.9 Å². The summed E-state index contributed by atoms with van der Waals surface area (Å²) in [4.78, 5) is 1.39. The van der Waals surface area contributed by atoms with E-state index in [0.717, 1.165) is 32.2 Å². The number of rotatable bonds is 4. The van der Waals surface area contributed by atoms with Gasteiger partial charge in [-0.2, -0.15) is 0 Å². The molecule has 2 unspecified atom stereocenters. The molecule has 2 N–H and O–H groups in total. The normalized spacial score (nSPS) is 26.0. The molecule has 0 saturated heterocycles. The van der Waals surface area contributed by atoms with E-state index in [0.29, 0.717) is 6.04 Å². The number of halogens is 1. The highest BCUT2D eigenvalue weighted by Crippen LogP contribution is 2.22. The number of aliphatic hydroxyl groups excluding tert-OH is 1. The highest BCUT2D eigenvalue weighted by molar-refractivity contribution is 9.11.